The van der Waals surface area contributed by atoms with E-state index in [0.29, 0.717) is 0 Å². The van der Waals surface area contributed by atoms with Crippen molar-refractivity contribution >= 4 is 16.5 Å². The van der Waals surface area contributed by atoms with E-state index in [1.165, 1.54) is 0 Å². The Kier molecular flexibility index (Phi) is 1.66. The van der Waals surface area contributed by atoms with Crippen LogP contribution in [0.3, 0.4) is 0 Å². The van der Waals surface area contributed by atoms with Gasteiger partial charge in [-0.1, -0.05) is 12.1 Å². The second-order valence-corrected chi connectivity index (χ2v) is 4.01. The fraction of sp³-hybridized carbons (Fsp3) is 0.250. The maximum Gasteiger partial charge on any atom is 0.0620 e. The van der Waals surface area contributed by atoms with Crippen LogP contribution < -0.4 is 5.32 Å². The molecule has 0 saturated carbocycles. The summed E-state index contributed by atoms with van der Waals surface area (Å²) in [5, 5.41) is 3.20. The molecule has 1 aromatic carbocycles. The highest BCUT2D eigenvalue weighted by Gasteiger charge is 2.13. The lowest BCUT2D eigenvalue weighted by Gasteiger charge is -2.16. The Labute approximate surface area is 68.1 Å². The van der Waals surface area contributed by atoms with Crippen LogP contribution in [0.15, 0.2) is 29.2 Å². The Morgan fingerprint density at radius 3 is 3.00 bits per heavy atom. The molecule has 0 aliphatic carbocycles. The Bertz CT molecular complexity index is 298. The van der Waals surface area contributed by atoms with Crippen LogP contribution in [-0.4, -0.2) is 16.5 Å². The van der Waals surface area contributed by atoms with Gasteiger partial charge in [0.2, 0.25) is 0 Å². The number of nitrogens with one attached hydrogen (secondary N) is 1. The quantitative estimate of drug-likeness (QED) is 0.629. The van der Waals surface area contributed by atoms with E-state index in [9.17, 15) is 4.21 Å². The van der Waals surface area contributed by atoms with Crippen molar-refractivity contribution in [3.63, 3.8) is 0 Å². The third-order valence-corrected chi connectivity index (χ3v) is 3.16. The van der Waals surface area contributed by atoms with E-state index in [2.05, 4.69) is 5.32 Å². The zero-order chi connectivity index (χ0) is 7.68. The molecule has 0 saturated heterocycles. The van der Waals surface area contributed by atoms with Gasteiger partial charge in [0, 0.05) is 12.3 Å². The second kappa shape index (κ2) is 2.66. The number of rotatable bonds is 0. The monoisotopic (exact) mass is 167 g/mol. The molecular formula is C8H9NOS. The molecule has 1 heterocycles. The van der Waals surface area contributed by atoms with Gasteiger partial charge in [0.15, 0.2) is 0 Å². The van der Waals surface area contributed by atoms with Gasteiger partial charge in [0.25, 0.3) is 0 Å². The molecule has 58 valence electrons. The molecule has 0 amide bonds. The van der Waals surface area contributed by atoms with Crippen LogP contribution in [0.25, 0.3) is 0 Å². The van der Waals surface area contributed by atoms with E-state index in [1.807, 2.05) is 24.3 Å². The van der Waals surface area contributed by atoms with Crippen molar-refractivity contribution in [2.24, 2.45) is 0 Å². The average Bonchev–Trinajstić information content (AvgIpc) is 2.06. The number of benzene rings is 1. The first-order chi connectivity index (χ1) is 5.38. The lowest BCUT2D eigenvalue weighted by molar-refractivity contribution is 0.682. The van der Waals surface area contributed by atoms with E-state index < -0.39 is 10.8 Å². The SMILES string of the molecule is O=[S@]1CCNc2ccccc21. The summed E-state index contributed by atoms with van der Waals surface area (Å²) < 4.78 is 11.4. The number of para-hydroxylation sites is 1. The van der Waals surface area contributed by atoms with Gasteiger partial charge in [-0.2, -0.15) is 0 Å². The highest BCUT2D eigenvalue weighted by molar-refractivity contribution is 7.85. The third-order valence-electron chi connectivity index (χ3n) is 1.74. The molecule has 1 atom stereocenters. The average molecular weight is 167 g/mol. The molecule has 0 unspecified atom stereocenters. The number of hydrogen-bond donors (Lipinski definition) is 1. The molecule has 3 heteroatoms. The van der Waals surface area contributed by atoms with Crippen molar-refractivity contribution in [2.75, 3.05) is 17.6 Å². The van der Waals surface area contributed by atoms with Crippen LogP contribution >= 0.6 is 0 Å². The van der Waals surface area contributed by atoms with Gasteiger partial charge in [-0.25, -0.2) is 0 Å². The van der Waals surface area contributed by atoms with Crippen LogP contribution in [-0.2, 0) is 10.8 Å². The van der Waals surface area contributed by atoms with Crippen LogP contribution in [0.4, 0.5) is 5.69 Å². The van der Waals surface area contributed by atoms with E-state index in [-0.39, 0.29) is 0 Å². The minimum atomic E-state index is -0.778. The molecule has 1 N–H and O–H groups in total. The molecule has 1 aliphatic rings. The number of anilines is 1. The van der Waals surface area contributed by atoms with E-state index in [4.69, 9.17) is 0 Å². The van der Waals surface area contributed by atoms with E-state index >= 15 is 0 Å². The molecule has 1 aromatic rings. The smallest absolute Gasteiger partial charge is 0.0620 e. The minimum absolute atomic E-state index is 0.733. The molecule has 0 bridgehead atoms. The summed E-state index contributed by atoms with van der Waals surface area (Å²) in [6.07, 6.45) is 0. The zero-order valence-electron chi connectivity index (χ0n) is 6.04. The lowest BCUT2D eigenvalue weighted by Crippen LogP contribution is -2.18. The summed E-state index contributed by atoms with van der Waals surface area (Å²) in [6.45, 7) is 0.823. The summed E-state index contributed by atoms with van der Waals surface area (Å²) in [5.41, 5.74) is 1.03. The van der Waals surface area contributed by atoms with Gasteiger partial charge >= 0.3 is 0 Å². The van der Waals surface area contributed by atoms with Crippen molar-refractivity contribution in [1.82, 2.24) is 0 Å². The van der Waals surface area contributed by atoms with Crippen molar-refractivity contribution in [3.05, 3.63) is 24.3 Å². The van der Waals surface area contributed by atoms with E-state index in [1.54, 1.807) is 0 Å². The Balaban J connectivity index is 2.52. The summed E-state index contributed by atoms with van der Waals surface area (Å²) >= 11 is 0. The predicted octanol–water partition coefficient (Wildman–Crippen LogP) is 1.22. The zero-order valence-corrected chi connectivity index (χ0v) is 6.86. The van der Waals surface area contributed by atoms with Crippen LogP contribution in [0.5, 0.6) is 0 Å². The van der Waals surface area contributed by atoms with Gasteiger partial charge in [-0.15, -0.1) is 0 Å². The molecule has 0 aromatic heterocycles. The van der Waals surface area contributed by atoms with Gasteiger partial charge in [0.1, 0.15) is 0 Å². The Hall–Kier alpha value is -0.830. The molecule has 1 aliphatic heterocycles. The predicted molar refractivity (Wildman–Crippen MR) is 46.2 cm³/mol. The third kappa shape index (κ3) is 1.16. The van der Waals surface area contributed by atoms with Gasteiger partial charge in [0.05, 0.1) is 21.4 Å². The minimum Gasteiger partial charge on any atom is -0.383 e. The highest BCUT2D eigenvalue weighted by Crippen LogP contribution is 2.21. The Morgan fingerprint density at radius 1 is 1.36 bits per heavy atom. The summed E-state index contributed by atoms with van der Waals surface area (Å²) in [6, 6.07) is 7.75. The first-order valence-electron chi connectivity index (χ1n) is 3.59. The number of hydrogen-bond acceptors (Lipinski definition) is 2. The molecule has 0 radical (unpaired) electrons. The van der Waals surface area contributed by atoms with Gasteiger partial charge in [-0.05, 0) is 12.1 Å². The molecule has 0 spiro atoms. The van der Waals surface area contributed by atoms with Gasteiger partial charge < -0.3 is 5.32 Å². The Morgan fingerprint density at radius 2 is 2.18 bits per heavy atom. The van der Waals surface area contributed by atoms with Crippen molar-refractivity contribution < 1.29 is 4.21 Å². The van der Waals surface area contributed by atoms with Crippen LogP contribution in [0.1, 0.15) is 0 Å². The molecule has 2 rings (SSSR count). The summed E-state index contributed by atoms with van der Waals surface area (Å²) in [5.74, 6) is 0.733. The maximum atomic E-state index is 11.4. The standard InChI is InChI=1S/C8H9NOS/c10-11-6-5-9-7-3-1-2-4-8(7)11/h1-4,9H,5-6H2/t11-/m0/s1. The maximum absolute atomic E-state index is 11.4. The fourth-order valence-electron chi connectivity index (χ4n) is 1.20. The van der Waals surface area contributed by atoms with Gasteiger partial charge in [-0.3, -0.25) is 4.21 Å². The summed E-state index contributed by atoms with van der Waals surface area (Å²) in [4.78, 5) is 0.943. The van der Waals surface area contributed by atoms with Crippen LogP contribution in [0, 0.1) is 0 Å². The molecule has 11 heavy (non-hydrogen) atoms. The molecular weight excluding hydrogens is 158 g/mol. The molecule has 0 fully saturated rings. The summed E-state index contributed by atoms with van der Waals surface area (Å²) in [7, 11) is -0.778. The second-order valence-electron chi connectivity index (χ2n) is 2.47. The van der Waals surface area contributed by atoms with Crippen LogP contribution in [0.2, 0.25) is 0 Å². The van der Waals surface area contributed by atoms with Crippen molar-refractivity contribution in [1.29, 1.82) is 0 Å². The topological polar surface area (TPSA) is 29.1 Å². The highest BCUT2D eigenvalue weighted by atomic mass is 32.2. The normalized spacial score (nSPS) is 22.0. The lowest BCUT2D eigenvalue weighted by atomic mass is 10.3. The van der Waals surface area contributed by atoms with Crippen molar-refractivity contribution in [3.8, 4) is 0 Å². The number of fused-ring (bicyclic) bond motifs is 1. The van der Waals surface area contributed by atoms with E-state index in [0.717, 1.165) is 22.9 Å². The fourth-order valence-corrected chi connectivity index (χ4v) is 2.32. The molecule has 2 nitrogen and oxygen atoms in total. The van der Waals surface area contributed by atoms with Crippen molar-refractivity contribution in [2.45, 2.75) is 4.90 Å². The first kappa shape index (κ1) is 6.85. The largest absolute Gasteiger partial charge is 0.383 e. The first-order valence-corrected chi connectivity index (χ1v) is 4.91.